The standard InChI is InChI=1S/C23H34N2O4/c1-25(20-3-2-4-20)23(28)22(24)19-11-9-18(10-12-19)15-29-14-17-7-5-16(6-8-17)13-21(26)27/h5-8,18-20,22H,2-4,9-15,24H2,1H3,(H,26,27)/t18?,19?,22-/m0/s1. The number of nitrogens with zero attached hydrogens (tertiary/aromatic N) is 1. The van der Waals surface area contributed by atoms with Crippen molar-refractivity contribution in [2.24, 2.45) is 17.6 Å². The Morgan fingerprint density at radius 1 is 1.10 bits per heavy atom. The first-order valence-corrected chi connectivity index (χ1v) is 10.8. The van der Waals surface area contributed by atoms with Crippen LogP contribution < -0.4 is 5.73 Å². The summed E-state index contributed by atoms with van der Waals surface area (Å²) in [7, 11) is 1.90. The minimum atomic E-state index is -0.819. The maximum atomic E-state index is 12.6. The third-order valence-electron chi connectivity index (χ3n) is 6.66. The van der Waals surface area contributed by atoms with Gasteiger partial charge in [0.05, 0.1) is 19.1 Å². The van der Waals surface area contributed by atoms with Crippen molar-refractivity contribution in [3.05, 3.63) is 35.4 Å². The Morgan fingerprint density at radius 3 is 2.28 bits per heavy atom. The summed E-state index contributed by atoms with van der Waals surface area (Å²) < 4.78 is 5.89. The topological polar surface area (TPSA) is 92.9 Å². The summed E-state index contributed by atoms with van der Waals surface area (Å²) in [6.45, 7) is 1.26. The van der Waals surface area contributed by atoms with Gasteiger partial charge in [0, 0.05) is 19.7 Å². The highest BCUT2D eigenvalue weighted by molar-refractivity contribution is 5.82. The Balaban J connectivity index is 1.35. The summed E-state index contributed by atoms with van der Waals surface area (Å²) in [5, 5.41) is 8.82. The molecule has 0 aromatic heterocycles. The molecule has 1 atom stereocenters. The van der Waals surface area contributed by atoms with Crippen LogP contribution in [0.2, 0.25) is 0 Å². The fourth-order valence-electron chi connectivity index (χ4n) is 4.38. The van der Waals surface area contributed by atoms with Crippen molar-refractivity contribution in [1.29, 1.82) is 0 Å². The lowest BCUT2D eigenvalue weighted by Crippen LogP contribution is -2.52. The smallest absolute Gasteiger partial charge is 0.307 e. The number of benzene rings is 1. The summed E-state index contributed by atoms with van der Waals surface area (Å²) in [4.78, 5) is 25.2. The molecule has 2 aliphatic carbocycles. The van der Waals surface area contributed by atoms with Crippen molar-refractivity contribution in [3.63, 3.8) is 0 Å². The monoisotopic (exact) mass is 402 g/mol. The molecule has 0 bridgehead atoms. The summed E-state index contributed by atoms with van der Waals surface area (Å²) in [6, 6.07) is 7.58. The SMILES string of the molecule is CN(C(=O)[C@@H](N)C1CCC(COCc2ccc(CC(=O)O)cc2)CC1)C1CCC1. The first kappa shape index (κ1) is 21.8. The van der Waals surface area contributed by atoms with Gasteiger partial charge in [-0.2, -0.15) is 0 Å². The number of aliphatic carboxylic acids is 1. The molecule has 0 unspecified atom stereocenters. The predicted octanol–water partition coefficient (Wildman–Crippen LogP) is 2.97. The molecule has 0 aliphatic heterocycles. The summed E-state index contributed by atoms with van der Waals surface area (Å²) >= 11 is 0. The molecule has 0 radical (unpaired) electrons. The molecule has 1 amide bonds. The maximum absolute atomic E-state index is 12.6. The summed E-state index contributed by atoms with van der Waals surface area (Å²) in [5.41, 5.74) is 8.17. The molecule has 3 N–H and O–H groups in total. The highest BCUT2D eigenvalue weighted by atomic mass is 16.5. The van der Waals surface area contributed by atoms with E-state index in [-0.39, 0.29) is 24.3 Å². The average Bonchev–Trinajstić information content (AvgIpc) is 2.67. The molecule has 2 saturated carbocycles. The van der Waals surface area contributed by atoms with E-state index >= 15 is 0 Å². The first-order chi connectivity index (χ1) is 13.9. The molecule has 1 aromatic carbocycles. The Morgan fingerprint density at radius 2 is 1.72 bits per heavy atom. The van der Waals surface area contributed by atoms with Crippen molar-refractivity contribution < 1.29 is 19.4 Å². The lowest BCUT2D eigenvalue weighted by atomic mass is 9.78. The van der Waals surface area contributed by atoms with Gasteiger partial charge in [0.25, 0.3) is 0 Å². The molecule has 29 heavy (non-hydrogen) atoms. The molecule has 6 heteroatoms. The van der Waals surface area contributed by atoms with Gasteiger partial charge in [-0.3, -0.25) is 9.59 Å². The van der Waals surface area contributed by atoms with E-state index in [1.165, 1.54) is 6.42 Å². The van der Waals surface area contributed by atoms with Gasteiger partial charge in [-0.05, 0) is 67.9 Å². The van der Waals surface area contributed by atoms with E-state index in [1.54, 1.807) is 0 Å². The number of carbonyl (C=O) groups is 2. The molecular formula is C23H34N2O4. The molecular weight excluding hydrogens is 368 g/mol. The highest BCUT2D eigenvalue weighted by Crippen LogP contribution is 2.32. The number of carboxylic acids is 1. The maximum Gasteiger partial charge on any atom is 0.307 e. The fraction of sp³-hybridized carbons (Fsp3) is 0.652. The first-order valence-electron chi connectivity index (χ1n) is 10.8. The Hall–Kier alpha value is -1.92. The number of likely N-dealkylation sites (N-methyl/N-ethyl adjacent to an activating group) is 1. The summed E-state index contributed by atoms with van der Waals surface area (Å²) in [6.07, 6.45) is 7.57. The molecule has 6 nitrogen and oxygen atoms in total. The van der Waals surface area contributed by atoms with E-state index in [1.807, 2.05) is 36.2 Å². The summed E-state index contributed by atoms with van der Waals surface area (Å²) in [5.74, 6) is 0.0914. The molecule has 3 rings (SSSR count). The Bertz CT molecular complexity index is 679. The Labute approximate surface area is 173 Å². The van der Waals surface area contributed by atoms with Crippen LogP contribution in [-0.4, -0.2) is 47.6 Å². The number of hydrogen-bond donors (Lipinski definition) is 2. The van der Waals surface area contributed by atoms with Gasteiger partial charge in [0.15, 0.2) is 0 Å². The van der Waals surface area contributed by atoms with Crippen molar-refractivity contribution in [1.82, 2.24) is 4.90 Å². The number of amides is 1. The van der Waals surface area contributed by atoms with E-state index in [0.29, 0.717) is 18.6 Å². The predicted molar refractivity (Wildman–Crippen MR) is 111 cm³/mol. The molecule has 2 aliphatic rings. The van der Waals surface area contributed by atoms with Crippen molar-refractivity contribution >= 4 is 11.9 Å². The van der Waals surface area contributed by atoms with Gasteiger partial charge in [-0.15, -0.1) is 0 Å². The number of ether oxygens (including phenoxy) is 1. The van der Waals surface area contributed by atoms with Crippen LogP contribution in [0.15, 0.2) is 24.3 Å². The normalized spacial score (nSPS) is 23.2. The average molecular weight is 403 g/mol. The van der Waals surface area contributed by atoms with Crippen LogP contribution in [0.4, 0.5) is 0 Å². The van der Waals surface area contributed by atoms with Crippen LogP contribution in [0, 0.1) is 11.8 Å². The number of hydrogen-bond acceptors (Lipinski definition) is 4. The van der Waals surface area contributed by atoms with Gasteiger partial charge in [0.2, 0.25) is 5.91 Å². The fourth-order valence-corrected chi connectivity index (χ4v) is 4.38. The second-order valence-corrected chi connectivity index (χ2v) is 8.74. The third-order valence-corrected chi connectivity index (χ3v) is 6.66. The third kappa shape index (κ3) is 6.03. The molecule has 0 spiro atoms. The quantitative estimate of drug-likeness (QED) is 0.662. The number of nitrogens with two attached hydrogens (primary N) is 1. The number of rotatable bonds is 9. The molecule has 160 valence electrons. The van der Waals surface area contributed by atoms with Gasteiger partial charge < -0.3 is 20.5 Å². The second kappa shape index (κ2) is 10.2. The van der Waals surface area contributed by atoms with Gasteiger partial charge in [-0.25, -0.2) is 0 Å². The van der Waals surface area contributed by atoms with Crippen molar-refractivity contribution in [3.8, 4) is 0 Å². The van der Waals surface area contributed by atoms with E-state index < -0.39 is 5.97 Å². The van der Waals surface area contributed by atoms with Gasteiger partial charge >= 0.3 is 5.97 Å². The van der Waals surface area contributed by atoms with E-state index in [0.717, 1.165) is 56.3 Å². The van der Waals surface area contributed by atoms with Crippen LogP contribution >= 0.6 is 0 Å². The number of carboxylic acid groups (broad SMARTS) is 1. The largest absolute Gasteiger partial charge is 0.481 e. The van der Waals surface area contributed by atoms with Crippen LogP contribution in [-0.2, 0) is 27.4 Å². The van der Waals surface area contributed by atoms with Crippen LogP contribution in [0.25, 0.3) is 0 Å². The van der Waals surface area contributed by atoms with Crippen LogP contribution in [0.3, 0.4) is 0 Å². The molecule has 2 fully saturated rings. The Kier molecular flexibility index (Phi) is 7.67. The molecule has 0 heterocycles. The zero-order valence-electron chi connectivity index (χ0n) is 17.4. The van der Waals surface area contributed by atoms with Crippen LogP contribution in [0.5, 0.6) is 0 Å². The van der Waals surface area contributed by atoms with Crippen molar-refractivity contribution in [2.45, 2.75) is 70.1 Å². The highest BCUT2D eigenvalue weighted by Gasteiger charge is 2.34. The second-order valence-electron chi connectivity index (χ2n) is 8.74. The van der Waals surface area contributed by atoms with E-state index in [9.17, 15) is 9.59 Å². The van der Waals surface area contributed by atoms with Crippen LogP contribution in [0.1, 0.15) is 56.1 Å². The van der Waals surface area contributed by atoms with Gasteiger partial charge in [-0.1, -0.05) is 24.3 Å². The number of carbonyl (C=O) groups excluding carboxylic acids is 1. The minimum absolute atomic E-state index is 0.0471. The lowest BCUT2D eigenvalue weighted by molar-refractivity contribution is -0.137. The van der Waals surface area contributed by atoms with E-state index in [4.69, 9.17) is 15.6 Å². The lowest BCUT2D eigenvalue weighted by Gasteiger charge is -2.38. The van der Waals surface area contributed by atoms with Gasteiger partial charge in [0.1, 0.15) is 0 Å². The van der Waals surface area contributed by atoms with Crippen molar-refractivity contribution in [2.75, 3.05) is 13.7 Å². The van der Waals surface area contributed by atoms with E-state index in [2.05, 4.69) is 0 Å². The zero-order chi connectivity index (χ0) is 20.8. The molecule has 0 saturated heterocycles. The minimum Gasteiger partial charge on any atom is -0.481 e. The zero-order valence-corrected chi connectivity index (χ0v) is 17.4. The molecule has 1 aromatic rings.